The second kappa shape index (κ2) is 6.22. The quantitative estimate of drug-likeness (QED) is 0.836. The van der Waals surface area contributed by atoms with Crippen molar-refractivity contribution in [3.05, 3.63) is 60.2 Å². The second-order valence-corrected chi connectivity index (χ2v) is 4.70. The normalized spacial score (nSPS) is 12.1. The summed E-state index contributed by atoms with van der Waals surface area (Å²) in [4.78, 5) is 0. The molecule has 2 heteroatoms. The molecule has 1 atom stereocenters. The zero-order valence-electron chi connectivity index (χ0n) is 10.8. The Kier molecular flexibility index (Phi) is 4.37. The van der Waals surface area contributed by atoms with Crippen LogP contribution in [0.25, 0.3) is 0 Å². The molecule has 2 aromatic rings. The van der Waals surface area contributed by atoms with E-state index in [1.807, 2.05) is 25.1 Å². The van der Waals surface area contributed by atoms with Gasteiger partial charge in [-0.05, 0) is 49.6 Å². The molecule has 0 amide bonds. The maximum atomic E-state index is 5.76. The minimum absolute atomic E-state index is 0.270. The summed E-state index contributed by atoms with van der Waals surface area (Å²) in [5, 5.41) is 3.37. The first kappa shape index (κ1) is 12.7. The number of para-hydroxylation sites is 1. The molecule has 2 aromatic carbocycles. The van der Waals surface area contributed by atoms with E-state index < -0.39 is 0 Å². The fourth-order valence-electron chi connectivity index (χ4n) is 1.84. The highest BCUT2D eigenvalue weighted by Crippen LogP contribution is 2.17. The van der Waals surface area contributed by atoms with Crippen LogP contribution in [0.3, 0.4) is 0 Å². The van der Waals surface area contributed by atoms with Crippen LogP contribution in [0.15, 0.2) is 54.6 Å². The van der Waals surface area contributed by atoms with Crippen LogP contribution in [0.1, 0.15) is 18.9 Å². The molecule has 0 saturated heterocycles. The van der Waals surface area contributed by atoms with Crippen LogP contribution >= 0.6 is 0 Å². The van der Waals surface area contributed by atoms with E-state index in [1.165, 1.54) is 5.56 Å². The number of hydrogen-bond acceptors (Lipinski definition) is 2. The monoisotopic (exact) mass is 240 g/mol. The third-order valence-electron chi connectivity index (χ3n) is 2.90. The Hall–Kier alpha value is -1.80. The van der Waals surface area contributed by atoms with Crippen LogP contribution in [0.4, 0.5) is 11.4 Å². The first-order valence-electron chi connectivity index (χ1n) is 6.40. The molecule has 0 aliphatic heterocycles. The molecule has 3 N–H and O–H groups in total. The fraction of sp³-hybridized carbons (Fsp3) is 0.250. The lowest BCUT2D eigenvalue weighted by Crippen LogP contribution is -2.15. The van der Waals surface area contributed by atoms with Crippen molar-refractivity contribution in [3.63, 3.8) is 0 Å². The molecule has 0 spiro atoms. The van der Waals surface area contributed by atoms with E-state index in [0.717, 1.165) is 24.2 Å². The molecule has 2 rings (SSSR count). The highest BCUT2D eigenvalue weighted by atomic mass is 14.9. The molecule has 2 nitrogen and oxygen atoms in total. The van der Waals surface area contributed by atoms with Gasteiger partial charge in [-0.3, -0.25) is 0 Å². The number of aryl methyl sites for hydroxylation is 1. The Morgan fingerprint density at radius 3 is 2.17 bits per heavy atom. The highest BCUT2D eigenvalue weighted by Gasteiger charge is 1.98. The maximum absolute atomic E-state index is 5.76. The Bertz CT molecular complexity index is 460. The van der Waals surface area contributed by atoms with Gasteiger partial charge in [0.05, 0.1) is 0 Å². The number of nitrogens with one attached hydrogen (secondary N) is 1. The van der Waals surface area contributed by atoms with E-state index >= 15 is 0 Å². The van der Waals surface area contributed by atoms with Crippen molar-refractivity contribution in [3.8, 4) is 0 Å². The molecule has 0 saturated carbocycles. The molecule has 0 aliphatic rings. The van der Waals surface area contributed by atoms with E-state index in [-0.39, 0.29) is 6.04 Å². The summed E-state index contributed by atoms with van der Waals surface area (Å²) in [6, 6.07) is 19.0. The summed E-state index contributed by atoms with van der Waals surface area (Å²) < 4.78 is 0. The van der Waals surface area contributed by atoms with Gasteiger partial charge in [0, 0.05) is 17.4 Å². The molecular weight excluding hydrogens is 220 g/mol. The van der Waals surface area contributed by atoms with Crippen molar-refractivity contribution in [2.45, 2.75) is 25.8 Å². The van der Waals surface area contributed by atoms with Gasteiger partial charge >= 0.3 is 0 Å². The van der Waals surface area contributed by atoms with Gasteiger partial charge in [-0.15, -0.1) is 0 Å². The smallest absolute Gasteiger partial charge is 0.0384 e. The second-order valence-electron chi connectivity index (χ2n) is 4.70. The van der Waals surface area contributed by atoms with Crippen molar-refractivity contribution in [2.24, 2.45) is 5.73 Å². The highest BCUT2D eigenvalue weighted by molar-refractivity contribution is 5.59. The molecule has 0 aromatic heterocycles. The van der Waals surface area contributed by atoms with Gasteiger partial charge in [0.15, 0.2) is 0 Å². The summed E-state index contributed by atoms with van der Waals surface area (Å²) in [6.45, 7) is 2.05. The van der Waals surface area contributed by atoms with Crippen LogP contribution in [0, 0.1) is 0 Å². The van der Waals surface area contributed by atoms with Crippen molar-refractivity contribution < 1.29 is 0 Å². The molecule has 18 heavy (non-hydrogen) atoms. The lowest BCUT2D eigenvalue weighted by atomic mass is 10.1. The van der Waals surface area contributed by atoms with E-state index in [0.29, 0.717) is 0 Å². The molecule has 0 bridgehead atoms. The lowest BCUT2D eigenvalue weighted by Gasteiger charge is -2.08. The largest absolute Gasteiger partial charge is 0.356 e. The van der Waals surface area contributed by atoms with Crippen LogP contribution in [-0.4, -0.2) is 6.04 Å². The molecule has 0 fully saturated rings. The molecule has 0 aliphatic carbocycles. The Labute approximate surface area is 109 Å². The van der Waals surface area contributed by atoms with Crippen molar-refractivity contribution >= 4 is 11.4 Å². The Morgan fingerprint density at radius 1 is 0.944 bits per heavy atom. The SMILES string of the molecule is C[C@H](N)CCc1ccc(Nc2ccccc2)cc1. The van der Waals surface area contributed by atoms with E-state index in [9.17, 15) is 0 Å². The minimum atomic E-state index is 0.270. The predicted octanol–water partition coefficient (Wildman–Crippen LogP) is 3.71. The van der Waals surface area contributed by atoms with E-state index in [1.54, 1.807) is 0 Å². The van der Waals surface area contributed by atoms with Gasteiger partial charge in [-0.2, -0.15) is 0 Å². The Balaban J connectivity index is 1.95. The molecule has 0 radical (unpaired) electrons. The molecule has 0 heterocycles. The first-order valence-corrected chi connectivity index (χ1v) is 6.40. The van der Waals surface area contributed by atoms with Gasteiger partial charge in [-0.25, -0.2) is 0 Å². The number of hydrogen-bond donors (Lipinski definition) is 2. The molecule has 94 valence electrons. The Morgan fingerprint density at radius 2 is 1.56 bits per heavy atom. The number of nitrogens with two attached hydrogens (primary N) is 1. The topological polar surface area (TPSA) is 38.0 Å². The van der Waals surface area contributed by atoms with Gasteiger partial charge in [0.2, 0.25) is 0 Å². The number of anilines is 2. The van der Waals surface area contributed by atoms with Crippen molar-refractivity contribution in [1.82, 2.24) is 0 Å². The average molecular weight is 240 g/mol. The first-order chi connectivity index (χ1) is 8.74. The van der Waals surface area contributed by atoms with E-state index in [4.69, 9.17) is 5.73 Å². The lowest BCUT2D eigenvalue weighted by molar-refractivity contribution is 0.666. The third kappa shape index (κ3) is 3.90. The summed E-state index contributed by atoms with van der Waals surface area (Å²) in [7, 11) is 0. The summed E-state index contributed by atoms with van der Waals surface area (Å²) in [5.74, 6) is 0. The third-order valence-corrected chi connectivity index (χ3v) is 2.90. The van der Waals surface area contributed by atoms with E-state index in [2.05, 4.69) is 41.7 Å². The summed E-state index contributed by atoms with van der Waals surface area (Å²) in [6.07, 6.45) is 2.08. The summed E-state index contributed by atoms with van der Waals surface area (Å²) >= 11 is 0. The van der Waals surface area contributed by atoms with Gasteiger partial charge in [0.25, 0.3) is 0 Å². The average Bonchev–Trinajstić information content (AvgIpc) is 2.39. The zero-order valence-corrected chi connectivity index (χ0v) is 10.8. The molecule has 0 unspecified atom stereocenters. The summed E-state index contributed by atoms with van der Waals surface area (Å²) in [5.41, 5.74) is 9.33. The van der Waals surface area contributed by atoms with Gasteiger partial charge in [0.1, 0.15) is 0 Å². The van der Waals surface area contributed by atoms with Crippen LogP contribution < -0.4 is 11.1 Å². The standard InChI is InChI=1S/C16H20N2/c1-13(17)7-8-14-9-11-16(12-10-14)18-15-5-3-2-4-6-15/h2-6,9-13,18H,7-8,17H2,1H3/t13-/m0/s1. The van der Waals surface area contributed by atoms with Gasteiger partial charge in [-0.1, -0.05) is 30.3 Å². The van der Waals surface area contributed by atoms with Crippen LogP contribution in [0.2, 0.25) is 0 Å². The minimum Gasteiger partial charge on any atom is -0.356 e. The van der Waals surface area contributed by atoms with Gasteiger partial charge < -0.3 is 11.1 Å². The van der Waals surface area contributed by atoms with Crippen molar-refractivity contribution in [2.75, 3.05) is 5.32 Å². The maximum Gasteiger partial charge on any atom is 0.0384 e. The van der Waals surface area contributed by atoms with Crippen LogP contribution in [-0.2, 0) is 6.42 Å². The number of rotatable bonds is 5. The number of benzene rings is 2. The zero-order chi connectivity index (χ0) is 12.8. The molecular formula is C16H20N2. The van der Waals surface area contributed by atoms with Crippen molar-refractivity contribution in [1.29, 1.82) is 0 Å². The predicted molar refractivity (Wildman–Crippen MR) is 78.1 cm³/mol. The van der Waals surface area contributed by atoms with Crippen LogP contribution in [0.5, 0.6) is 0 Å². The fourth-order valence-corrected chi connectivity index (χ4v) is 1.84.